The number of hydrogen-bond acceptors (Lipinski definition) is 9. The summed E-state index contributed by atoms with van der Waals surface area (Å²) in [5, 5.41) is 11.8. The quantitative estimate of drug-likeness (QED) is 0.122. The number of nitro benzene ring substituents is 1. The monoisotopic (exact) mass is 562 g/mol. The second kappa shape index (κ2) is 10.3. The number of halogens is 1. The summed E-state index contributed by atoms with van der Waals surface area (Å²) in [6.45, 7) is 0. The van der Waals surface area contributed by atoms with Crippen molar-refractivity contribution in [3.8, 4) is 11.5 Å². The molecule has 0 N–H and O–H groups in total. The van der Waals surface area contributed by atoms with Gasteiger partial charge in [-0.2, -0.15) is 8.42 Å². The van der Waals surface area contributed by atoms with Crippen LogP contribution in [0.5, 0.6) is 11.5 Å². The van der Waals surface area contributed by atoms with Crippen molar-refractivity contribution < 1.29 is 27.1 Å². The minimum Gasteiger partial charge on any atom is -0.493 e. The summed E-state index contributed by atoms with van der Waals surface area (Å²) in [6.07, 6.45) is 1.58. The third-order valence-electron chi connectivity index (χ3n) is 4.89. The Morgan fingerprint density at radius 1 is 1.08 bits per heavy atom. The molecule has 0 unspecified atom stereocenters. The first-order valence-corrected chi connectivity index (χ1v) is 13.0. The van der Waals surface area contributed by atoms with E-state index in [0.717, 1.165) is 23.9 Å². The number of anilines is 1. The minimum absolute atomic E-state index is 0.0408. The fraction of sp³-hybridized carbons (Fsp3) is 0.0435. The van der Waals surface area contributed by atoms with Crippen LogP contribution in [0.15, 0.2) is 76.5 Å². The Balaban J connectivity index is 1.62. The topological polar surface area (TPSA) is 116 Å². The van der Waals surface area contributed by atoms with Gasteiger partial charge in [-0.15, -0.1) is 0 Å². The van der Waals surface area contributed by atoms with Crippen LogP contribution in [0.3, 0.4) is 0 Å². The number of benzene rings is 3. The normalized spacial score (nSPS) is 14.8. The van der Waals surface area contributed by atoms with Gasteiger partial charge in [0.1, 0.15) is 0 Å². The summed E-state index contributed by atoms with van der Waals surface area (Å²) >= 11 is 12.4. The highest BCUT2D eigenvalue weighted by Gasteiger charge is 2.33. The molecule has 1 aliphatic rings. The van der Waals surface area contributed by atoms with Crippen LogP contribution >= 0.6 is 35.6 Å². The molecule has 9 nitrogen and oxygen atoms in total. The molecule has 13 heteroatoms. The van der Waals surface area contributed by atoms with Gasteiger partial charge in [-0.25, -0.2) is 0 Å². The van der Waals surface area contributed by atoms with Gasteiger partial charge in [-0.05, 0) is 54.1 Å². The SMILES string of the molecule is COc1cc(/C=C2/SC(=S)N(c3ccc(Cl)cc3)C2=O)ccc1OS(=O)(=O)c1ccccc1[N+](=O)[O-]. The predicted molar refractivity (Wildman–Crippen MR) is 141 cm³/mol. The number of methoxy groups -OCH3 is 1. The van der Waals surface area contributed by atoms with Crippen molar-refractivity contribution in [3.63, 3.8) is 0 Å². The van der Waals surface area contributed by atoms with Crippen molar-refractivity contribution >= 4 is 73.4 Å². The number of hydrogen-bond donors (Lipinski definition) is 0. The Hall–Kier alpha value is -3.45. The molecule has 1 aliphatic heterocycles. The molecule has 0 saturated carbocycles. The summed E-state index contributed by atoms with van der Waals surface area (Å²) in [5.41, 5.74) is 0.474. The zero-order valence-electron chi connectivity index (χ0n) is 18.3. The van der Waals surface area contributed by atoms with E-state index in [2.05, 4.69) is 0 Å². The Bertz CT molecular complexity index is 1520. The van der Waals surface area contributed by atoms with Crippen LogP contribution in [0.25, 0.3) is 6.08 Å². The number of rotatable bonds is 7. The van der Waals surface area contributed by atoms with Gasteiger partial charge in [-0.3, -0.25) is 19.8 Å². The van der Waals surface area contributed by atoms with E-state index in [4.69, 9.17) is 32.7 Å². The standard InChI is InChI=1S/C23H15ClN2O7S3/c1-32-19-12-14(13-20-22(27)25(23(34)35-20)16-9-7-15(24)8-10-16)6-11-18(19)33-36(30,31)21-5-3-2-4-17(21)26(28)29/h2-13H,1H3/b20-13+. The number of carbonyl (C=O) groups is 1. The van der Waals surface area contributed by atoms with Gasteiger partial charge in [-0.1, -0.05) is 53.8 Å². The molecule has 1 heterocycles. The molecule has 1 amide bonds. The summed E-state index contributed by atoms with van der Waals surface area (Å²) in [7, 11) is -3.23. The minimum atomic E-state index is -4.54. The third-order valence-corrected chi connectivity index (χ3v) is 7.73. The molecule has 0 atom stereocenters. The number of thiocarbonyl (C=S) groups is 1. The molecular weight excluding hydrogens is 548 g/mol. The van der Waals surface area contributed by atoms with E-state index in [0.29, 0.717) is 25.5 Å². The first kappa shape index (κ1) is 25.6. The van der Waals surface area contributed by atoms with Gasteiger partial charge in [0, 0.05) is 11.1 Å². The Morgan fingerprint density at radius 3 is 2.44 bits per heavy atom. The van der Waals surface area contributed by atoms with Crippen LogP contribution in [0.2, 0.25) is 5.02 Å². The second-order valence-corrected chi connectivity index (χ2v) is 10.8. The van der Waals surface area contributed by atoms with E-state index in [9.17, 15) is 23.3 Å². The lowest BCUT2D eigenvalue weighted by atomic mass is 10.2. The Morgan fingerprint density at radius 2 is 1.78 bits per heavy atom. The summed E-state index contributed by atoms with van der Waals surface area (Å²) in [6, 6.07) is 15.8. The lowest BCUT2D eigenvalue weighted by Gasteiger charge is -2.14. The van der Waals surface area contributed by atoms with E-state index in [1.165, 1.54) is 42.3 Å². The number of nitrogens with zero attached hydrogens (tertiary/aromatic N) is 2. The summed E-state index contributed by atoms with van der Waals surface area (Å²) in [4.78, 5) is 24.6. The molecule has 0 radical (unpaired) electrons. The van der Waals surface area contributed by atoms with Crippen LogP contribution in [-0.4, -0.2) is 30.7 Å². The van der Waals surface area contributed by atoms with E-state index in [-0.39, 0.29) is 17.4 Å². The predicted octanol–water partition coefficient (Wildman–Crippen LogP) is 5.43. The molecule has 3 aromatic rings. The molecule has 0 aliphatic carbocycles. The van der Waals surface area contributed by atoms with Crippen LogP contribution < -0.4 is 13.8 Å². The molecule has 0 aromatic heterocycles. The van der Waals surface area contributed by atoms with E-state index in [1.54, 1.807) is 30.3 Å². The van der Waals surface area contributed by atoms with Gasteiger partial charge in [0.05, 0.1) is 22.6 Å². The van der Waals surface area contributed by atoms with Crippen LogP contribution in [0, 0.1) is 10.1 Å². The number of amides is 1. The first-order chi connectivity index (χ1) is 17.1. The van der Waals surface area contributed by atoms with Crippen LogP contribution in [-0.2, 0) is 14.9 Å². The number of ether oxygens (including phenoxy) is 1. The van der Waals surface area contributed by atoms with Gasteiger partial charge in [0.15, 0.2) is 20.7 Å². The lowest BCUT2D eigenvalue weighted by Crippen LogP contribution is -2.27. The van der Waals surface area contributed by atoms with E-state index < -0.39 is 25.6 Å². The van der Waals surface area contributed by atoms with E-state index >= 15 is 0 Å². The Labute approximate surface area is 220 Å². The number of para-hydroxylation sites is 1. The molecule has 1 fully saturated rings. The zero-order valence-corrected chi connectivity index (χ0v) is 21.5. The number of nitro groups is 1. The highest BCUT2D eigenvalue weighted by atomic mass is 35.5. The average Bonchev–Trinajstić information content (AvgIpc) is 3.12. The third kappa shape index (κ3) is 5.21. The van der Waals surface area contributed by atoms with Crippen molar-refractivity contribution in [1.82, 2.24) is 0 Å². The van der Waals surface area contributed by atoms with Crippen molar-refractivity contribution in [2.75, 3.05) is 12.0 Å². The largest absolute Gasteiger partial charge is 0.493 e. The fourth-order valence-electron chi connectivity index (χ4n) is 3.26. The highest BCUT2D eigenvalue weighted by Crippen LogP contribution is 2.38. The van der Waals surface area contributed by atoms with Gasteiger partial charge in [0.25, 0.3) is 11.6 Å². The average molecular weight is 563 g/mol. The maximum atomic E-state index is 13.0. The van der Waals surface area contributed by atoms with Crippen LogP contribution in [0.4, 0.5) is 11.4 Å². The highest BCUT2D eigenvalue weighted by molar-refractivity contribution is 8.27. The van der Waals surface area contributed by atoms with Gasteiger partial charge < -0.3 is 8.92 Å². The maximum absolute atomic E-state index is 13.0. The molecule has 4 rings (SSSR count). The van der Waals surface area contributed by atoms with Gasteiger partial charge >= 0.3 is 10.1 Å². The molecular formula is C23H15ClN2O7S3. The van der Waals surface area contributed by atoms with Crippen molar-refractivity contribution in [2.45, 2.75) is 4.90 Å². The van der Waals surface area contributed by atoms with Crippen molar-refractivity contribution in [2.24, 2.45) is 0 Å². The number of carbonyl (C=O) groups excluding carboxylic acids is 1. The van der Waals surface area contributed by atoms with E-state index in [1.807, 2.05) is 0 Å². The second-order valence-electron chi connectivity index (χ2n) is 7.17. The smallest absolute Gasteiger partial charge is 0.346 e. The molecule has 0 bridgehead atoms. The van der Waals surface area contributed by atoms with Gasteiger partial charge in [0.2, 0.25) is 0 Å². The summed E-state index contributed by atoms with van der Waals surface area (Å²) < 4.78 is 36.3. The zero-order chi connectivity index (χ0) is 26.0. The molecule has 36 heavy (non-hydrogen) atoms. The molecule has 1 saturated heterocycles. The lowest BCUT2D eigenvalue weighted by molar-refractivity contribution is -0.387. The molecule has 3 aromatic carbocycles. The summed E-state index contributed by atoms with van der Waals surface area (Å²) in [5.74, 6) is -0.466. The van der Waals surface area contributed by atoms with Crippen molar-refractivity contribution in [1.29, 1.82) is 0 Å². The molecule has 184 valence electrons. The maximum Gasteiger partial charge on any atom is 0.346 e. The fourth-order valence-corrected chi connectivity index (χ4v) is 5.79. The first-order valence-electron chi connectivity index (χ1n) is 10.00. The van der Waals surface area contributed by atoms with Crippen molar-refractivity contribution in [3.05, 3.63) is 92.3 Å². The van der Waals surface area contributed by atoms with Crippen LogP contribution in [0.1, 0.15) is 5.56 Å². The Kier molecular flexibility index (Phi) is 7.31. The number of thioether (sulfide) groups is 1. The molecule has 0 spiro atoms.